The number of aromatic amines is 1. The van der Waals surface area contributed by atoms with Gasteiger partial charge in [-0.2, -0.15) is 0 Å². The van der Waals surface area contributed by atoms with Gasteiger partial charge in [0.05, 0.1) is 23.0 Å². The number of hydrogen-bond donors (Lipinski definition) is 3. The molecule has 4 rings (SSSR count). The number of nitrogens with zero attached hydrogens (tertiary/aromatic N) is 1. The fourth-order valence-corrected chi connectivity index (χ4v) is 3.40. The summed E-state index contributed by atoms with van der Waals surface area (Å²) in [6.45, 7) is 1.90. The SMILES string of the molecule is C[C@H](NC(=O)CCC1C(=O)Nc2ccccc21)c1nc2ccccc2[nH]1. The first-order valence-corrected chi connectivity index (χ1v) is 8.75. The Morgan fingerprint density at radius 1 is 1.19 bits per heavy atom. The van der Waals surface area contributed by atoms with E-state index in [2.05, 4.69) is 20.6 Å². The monoisotopic (exact) mass is 348 g/mol. The van der Waals surface area contributed by atoms with E-state index >= 15 is 0 Å². The molecule has 0 spiro atoms. The van der Waals surface area contributed by atoms with E-state index in [0.717, 1.165) is 28.1 Å². The second-order valence-corrected chi connectivity index (χ2v) is 6.60. The molecule has 1 aromatic heterocycles. The zero-order valence-corrected chi connectivity index (χ0v) is 14.5. The van der Waals surface area contributed by atoms with Gasteiger partial charge in [-0.25, -0.2) is 4.98 Å². The Bertz CT molecular complexity index is 946. The van der Waals surface area contributed by atoms with E-state index in [1.807, 2.05) is 55.5 Å². The number of carbonyl (C=O) groups excluding carboxylic acids is 2. The third-order valence-corrected chi connectivity index (χ3v) is 4.77. The van der Waals surface area contributed by atoms with Crippen molar-refractivity contribution in [2.45, 2.75) is 31.7 Å². The molecule has 0 radical (unpaired) electrons. The Balaban J connectivity index is 1.37. The highest BCUT2D eigenvalue weighted by atomic mass is 16.2. The number of hydrogen-bond acceptors (Lipinski definition) is 3. The zero-order chi connectivity index (χ0) is 18.1. The van der Waals surface area contributed by atoms with E-state index in [4.69, 9.17) is 0 Å². The summed E-state index contributed by atoms with van der Waals surface area (Å²) in [5.41, 5.74) is 3.64. The van der Waals surface area contributed by atoms with Gasteiger partial charge in [0, 0.05) is 12.1 Å². The third-order valence-electron chi connectivity index (χ3n) is 4.77. The number of benzene rings is 2. The summed E-state index contributed by atoms with van der Waals surface area (Å²) in [5, 5.41) is 5.82. The zero-order valence-electron chi connectivity index (χ0n) is 14.5. The number of imidazole rings is 1. The summed E-state index contributed by atoms with van der Waals surface area (Å²) in [6.07, 6.45) is 0.776. The number of carbonyl (C=O) groups is 2. The molecular formula is C20H20N4O2. The number of H-pyrrole nitrogens is 1. The summed E-state index contributed by atoms with van der Waals surface area (Å²) in [5.74, 6) is 0.335. The van der Waals surface area contributed by atoms with Crippen molar-refractivity contribution in [2.75, 3.05) is 5.32 Å². The summed E-state index contributed by atoms with van der Waals surface area (Å²) in [6, 6.07) is 15.2. The summed E-state index contributed by atoms with van der Waals surface area (Å²) < 4.78 is 0. The van der Waals surface area contributed by atoms with Crippen LogP contribution in [0.5, 0.6) is 0 Å². The first-order chi connectivity index (χ1) is 12.6. The van der Waals surface area contributed by atoms with Crippen molar-refractivity contribution in [3.63, 3.8) is 0 Å². The minimum absolute atomic E-state index is 0.0377. The van der Waals surface area contributed by atoms with Gasteiger partial charge in [-0.3, -0.25) is 9.59 Å². The average Bonchev–Trinajstić information content (AvgIpc) is 3.20. The van der Waals surface area contributed by atoms with Gasteiger partial charge in [0.2, 0.25) is 11.8 Å². The maximum Gasteiger partial charge on any atom is 0.232 e. The lowest BCUT2D eigenvalue weighted by Gasteiger charge is -2.13. The smallest absolute Gasteiger partial charge is 0.232 e. The van der Waals surface area contributed by atoms with Crippen LogP contribution in [0, 0.1) is 0 Å². The van der Waals surface area contributed by atoms with Gasteiger partial charge in [-0.05, 0) is 37.1 Å². The van der Waals surface area contributed by atoms with Crippen LogP contribution in [0.25, 0.3) is 11.0 Å². The maximum atomic E-state index is 12.3. The van der Waals surface area contributed by atoms with Crippen molar-refractivity contribution in [3.05, 3.63) is 59.9 Å². The molecular weight excluding hydrogens is 328 g/mol. The predicted octanol–water partition coefficient (Wildman–Crippen LogP) is 3.26. The van der Waals surface area contributed by atoms with E-state index in [0.29, 0.717) is 6.42 Å². The number of anilines is 1. The van der Waals surface area contributed by atoms with E-state index in [-0.39, 0.29) is 30.2 Å². The van der Waals surface area contributed by atoms with E-state index < -0.39 is 0 Å². The fourth-order valence-electron chi connectivity index (χ4n) is 3.40. The highest BCUT2D eigenvalue weighted by molar-refractivity contribution is 6.03. The molecule has 2 amide bonds. The number of fused-ring (bicyclic) bond motifs is 2. The van der Waals surface area contributed by atoms with Gasteiger partial charge >= 0.3 is 0 Å². The number of aromatic nitrogens is 2. The quantitative estimate of drug-likeness (QED) is 0.661. The molecule has 1 aliphatic rings. The van der Waals surface area contributed by atoms with Crippen molar-refractivity contribution in [1.29, 1.82) is 0 Å². The number of rotatable bonds is 5. The highest BCUT2D eigenvalue weighted by Crippen LogP contribution is 2.35. The van der Waals surface area contributed by atoms with Crippen LogP contribution < -0.4 is 10.6 Å². The average molecular weight is 348 g/mol. The van der Waals surface area contributed by atoms with Crippen LogP contribution >= 0.6 is 0 Å². The largest absolute Gasteiger partial charge is 0.346 e. The van der Waals surface area contributed by atoms with Gasteiger partial charge in [0.15, 0.2) is 0 Å². The second kappa shape index (κ2) is 6.63. The van der Waals surface area contributed by atoms with Crippen molar-refractivity contribution in [2.24, 2.45) is 0 Å². The van der Waals surface area contributed by atoms with Crippen LogP contribution in [0.15, 0.2) is 48.5 Å². The van der Waals surface area contributed by atoms with Crippen LogP contribution in [0.3, 0.4) is 0 Å². The molecule has 3 N–H and O–H groups in total. The Morgan fingerprint density at radius 3 is 2.81 bits per heavy atom. The van der Waals surface area contributed by atoms with Crippen LogP contribution in [0.4, 0.5) is 5.69 Å². The van der Waals surface area contributed by atoms with Crippen molar-refractivity contribution in [3.8, 4) is 0 Å². The molecule has 1 unspecified atom stereocenters. The highest BCUT2D eigenvalue weighted by Gasteiger charge is 2.30. The molecule has 6 heteroatoms. The first kappa shape index (κ1) is 16.3. The Morgan fingerprint density at radius 2 is 1.96 bits per heavy atom. The third kappa shape index (κ3) is 3.06. The summed E-state index contributed by atoms with van der Waals surface area (Å²) in [4.78, 5) is 32.2. The molecule has 26 heavy (non-hydrogen) atoms. The van der Waals surface area contributed by atoms with Crippen molar-refractivity contribution >= 4 is 28.5 Å². The number of amides is 2. The van der Waals surface area contributed by atoms with E-state index in [1.54, 1.807) is 0 Å². The summed E-state index contributed by atoms with van der Waals surface area (Å²) in [7, 11) is 0. The lowest BCUT2D eigenvalue weighted by atomic mass is 9.95. The standard InChI is InChI=1S/C20H20N4O2/c1-12(19-22-16-8-4-5-9-17(16)23-19)21-18(25)11-10-14-13-6-2-3-7-15(13)24-20(14)26/h2-9,12,14H,10-11H2,1H3,(H,21,25)(H,22,23)(H,24,26)/t12-,14?/m0/s1. The second-order valence-electron chi connectivity index (χ2n) is 6.60. The topological polar surface area (TPSA) is 86.9 Å². The molecule has 2 heterocycles. The molecule has 0 bridgehead atoms. The minimum atomic E-state index is -0.265. The maximum absolute atomic E-state index is 12.3. The molecule has 0 fully saturated rings. The van der Waals surface area contributed by atoms with Gasteiger partial charge in [0.1, 0.15) is 5.82 Å². The molecule has 0 saturated heterocycles. The van der Waals surface area contributed by atoms with Crippen LogP contribution in [-0.4, -0.2) is 21.8 Å². The molecule has 2 aromatic carbocycles. The Labute approximate surface area is 151 Å². The van der Waals surface area contributed by atoms with Crippen molar-refractivity contribution in [1.82, 2.24) is 15.3 Å². The normalized spacial score (nSPS) is 17.0. The predicted molar refractivity (Wildman–Crippen MR) is 99.7 cm³/mol. The first-order valence-electron chi connectivity index (χ1n) is 8.75. The van der Waals surface area contributed by atoms with Gasteiger partial charge in [0.25, 0.3) is 0 Å². The molecule has 0 aliphatic carbocycles. The van der Waals surface area contributed by atoms with Gasteiger partial charge in [-0.15, -0.1) is 0 Å². The van der Waals surface area contributed by atoms with Crippen LogP contribution in [0.2, 0.25) is 0 Å². The molecule has 2 atom stereocenters. The minimum Gasteiger partial charge on any atom is -0.346 e. The fraction of sp³-hybridized carbons (Fsp3) is 0.250. The van der Waals surface area contributed by atoms with E-state index in [9.17, 15) is 9.59 Å². The van der Waals surface area contributed by atoms with Crippen LogP contribution in [0.1, 0.15) is 43.1 Å². The lowest BCUT2D eigenvalue weighted by Crippen LogP contribution is -2.28. The Hall–Kier alpha value is -3.15. The van der Waals surface area contributed by atoms with Gasteiger partial charge < -0.3 is 15.6 Å². The molecule has 132 valence electrons. The molecule has 6 nitrogen and oxygen atoms in total. The Kier molecular flexibility index (Phi) is 4.16. The van der Waals surface area contributed by atoms with E-state index in [1.165, 1.54) is 0 Å². The summed E-state index contributed by atoms with van der Waals surface area (Å²) >= 11 is 0. The number of para-hydroxylation sites is 3. The molecule has 1 aliphatic heterocycles. The van der Waals surface area contributed by atoms with Crippen molar-refractivity contribution < 1.29 is 9.59 Å². The lowest BCUT2D eigenvalue weighted by molar-refractivity contribution is -0.122. The number of nitrogens with one attached hydrogen (secondary N) is 3. The molecule has 3 aromatic rings. The van der Waals surface area contributed by atoms with Gasteiger partial charge in [-0.1, -0.05) is 30.3 Å². The molecule has 0 saturated carbocycles. The van der Waals surface area contributed by atoms with Crippen LogP contribution in [-0.2, 0) is 9.59 Å².